The molecule has 0 unspecified atom stereocenters. The molecular weight excluding hydrogens is 172 g/mol. The monoisotopic (exact) mass is 184 g/mol. The van der Waals surface area contributed by atoms with Crippen LogP contribution in [0.3, 0.4) is 0 Å². The van der Waals surface area contributed by atoms with Crippen LogP contribution in [0.5, 0.6) is 0 Å². The molecule has 0 bridgehead atoms. The van der Waals surface area contributed by atoms with E-state index in [1.807, 2.05) is 27.1 Å². The van der Waals surface area contributed by atoms with Crippen LogP contribution in [0.2, 0.25) is 0 Å². The van der Waals surface area contributed by atoms with Crippen molar-refractivity contribution in [2.75, 3.05) is 0 Å². The van der Waals surface area contributed by atoms with Gasteiger partial charge in [0.1, 0.15) is 0 Å². The Kier molecular flexibility index (Phi) is 1.82. The van der Waals surface area contributed by atoms with Crippen LogP contribution in [0.25, 0.3) is 10.9 Å². The highest BCUT2D eigenvalue weighted by molar-refractivity contribution is 5.86. The maximum Gasteiger partial charge on any atom is 0.0998 e. The predicted molar refractivity (Wildman–Crippen MR) is 57.1 cm³/mol. The van der Waals surface area contributed by atoms with Gasteiger partial charge >= 0.3 is 0 Å². The number of hydrogen-bond donors (Lipinski definition) is 0. The molecule has 2 nitrogen and oxygen atoms in total. The summed E-state index contributed by atoms with van der Waals surface area (Å²) in [4.78, 5) is 0. The fourth-order valence-corrected chi connectivity index (χ4v) is 2.04. The fourth-order valence-electron chi connectivity index (χ4n) is 2.04. The van der Waals surface area contributed by atoms with Crippen LogP contribution in [0.15, 0.2) is 18.3 Å². The molecule has 0 aliphatic rings. The first kappa shape index (κ1) is 8.83. The second kappa shape index (κ2) is 2.88. The molecule has 70 valence electrons. The van der Waals surface area contributed by atoms with Crippen LogP contribution in [0.4, 0.5) is 0 Å². The van der Waals surface area contributed by atoms with Crippen LogP contribution < -0.4 is 0 Å². The van der Waals surface area contributed by atoms with Crippen molar-refractivity contribution in [3.63, 3.8) is 0 Å². The summed E-state index contributed by atoms with van der Waals surface area (Å²) in [7, 11) is 2.01. The third-order valence-electron chi connectivity index (χ3n) is 2.71. The number of aryl methyl sites for hydroxylation is 3. The largest absolute Gasteiger partial charge is 0.350 e. The van der Waals surface area contributed by atoms with E-state index in [1.165, 1.54) is 5.39 Å². The molecule has 0 saturated heterocycles. The van der Waals surface area contributed by atoms with Crippen LogP contribution in [0, 0.1) is 25.2 Å². The molecule has 0 amide bonds. The van der Waals surface area contributed by atoms with Crippen molar-refractivity contribution in [1.82, 2.24) is 4.57 Å². The number of hydrogen-bond acceptors (Lipinski definition) is 1. The smallest absolute Gasteiger partial charge is 0.0998 e. The van der Waals surface area contributed by atoms with Gasteiger partial charge in [-0.25, -0.2) is 0 Å². The lowest BCUT2D eigenvalue weighted by atomic mass is 10.0. The lowest BCUT2D eigenvalue weighted by Gasteiger charge is -2.06. The number of rotatable bonds is 0. The van der Waals surface area contributed by atoms with Crippen LogP contribution >= 0.6 is 0 Å². The van der Waals surface area contributed by atoms with Crippen molar-refractivity contribution in [1.29, 1.82) is 5.26 Å². The van der Waals surface area contributed by atoms with E-state index in [1.54, 1.807) is 0 Å². The molecule has 14 heavy (non-hydrogen) atoms. The summed E-state index contributed by atoms with van der Waals surface area (Å²) in [5, 5.41) is 10.2. The standard InChI is InChI=1S/C12H12N2/c1-8-6-10-4-5-14(3)12(10)9(2)11(8)7-13/h4-6H,1-3H3. The second-order valence-electron chi connectivity index (χ2n) is 3.67. The van der Waals surface area contributed by atoms with Gasteiger partial charge in [-0.3, -0.25) is 0 Å². The van der Waals surface area contributed by atoms with Gasteiger partial charge in [-0.2, -0.15) is 5.26 Å². The average molecular weight is 184 g/mol. The third kappa shape index (κ3) is 1.03. The van der Waals surface area contributed by atoms with Crippen molar-refractivity contribution in [3.05, 3.63) is 35.0 Å². The molecule has 1 heterocycles. The second-order valence-corrected chi connectivity index (χ2v) is 3.67. The molecule has 2 aromatic rings. The SMILES string of the molecule is Cc1cc2ccn(C)c2c(C)c1C#N. The first-order valence-electron chi connectivity index (χ1n) is 4.60. The van der Waals surface area contributed by atoms with E-state index in [0.717, 1.165) is 22.2 Å². The van der Waals surface area contributed by atoms with E-state index in [-0.39, 0.29) is 0 Å². The molecule has 0 atom stereocenters. The number of fused-ring (bicyclic) bond motifs is 1. The summed E-state index contributed by atoms with van der Waals surface area (Å²) in [6, 6.07) is 6.41. The van der Waals surface area contributed by atoms with E-state index in [9.17, 15) is 0 Å². The molecule has 0 aliphatic carbocycles. The highest BCUT2D eigenvalue weighted by atomic mass is 14.9. The van der Waals surface area contributed by atoms with Gasteiger partial charge in [0.25, 0.3) is 0 Å². The summed E-state index contributed by atoms with van der Waals surface area (Å²) in [5.74, 6) is 0. The molecule has 2 heteroatoms. The Bertz CT molecular complexity index is 541. The van der Waals surface area contributed by atoms with E-state index in [4.69, 9.17) is 5.26 Å². The van der Waals surface area contributed by atoms with Gasteiger partial charge in [0.15, 0.2) is 0 Å². The Balaban J connectivity index is 2.98. The predicted octanol–water partition coefficient (Wildman–Crippen LogP) is 2.67. The van der Waals surface area contributed by atoms with Gasteiger partial charge in [-0.05, 0) is 37.1 Å². The minimum atomic E-state index is 0.805. The van der Waals surface area contributed by atoms with Gasteiger partial charge in [0.05, 0.1) is 17.1 Å². The topological polar surface area (TPSA) is 28.7 Å². The van der Waals surface area contributed by atoms with Gasteiger partial charge in [-0.1, -0.05) is 0 Å². The maximum atomic E-state index is 9.03. The van der Waals surface area contributed by atoms with Crippen molar-refractivity contribution in [3.8, 4) is 6.07 Å². The lowest BCUT2D eigenvalue weighted by molar-refractivity contribution is 0.963. The first-order valence-corrected chi connectivity index (χ1v) is 4.60. The first-order chi connectivity index (χ1) is 6.65. The zero-order valence-electron chi connectivity index (χ0n) is 8.63. The third-order valence-corrected chi connectivity index (χ3v) is 2.71. The van der Waals surface area contributed by atoms with Crippen molar-refractivity contribution < 1.29 is 0 Å². The lowest BCUT2D eigenvalue weighted by Crippen LogP contribution is -1.93. The Morgan fingerprint density at radius 1 is 1.36 bits per heavy atom. The highest BCUT2D eigenvalue weighted by Crippen LogP contribution is 2.24. The van der Waals surface area contributed by atoms with Crippen molar-refractivity contribution in [2.45, 2.75) is 13.8 Å². The Labute approximate surface area is 83.4 Å². The van der Waals surface area contributed by atoms with E-state index >= 15 is 0 Å². The maximum absolute atomic E-state index is 9.03. The summed E-state index contributed by atoms with van der Waals surface area (Å²) in [6.07, 6.45) is 2.03. The molecule has 1 aromatic carbocycles. The minimum Gasteiger partial charge on any atom is -0.350 e. The van der Waals surface area contributed by atoms with Gasteiger partial charge in [-0.15, -0.1) is 0 Å². The zero-order chi connectivity index (χ0) is 10.3. The Hall–Kier alpha value is -1.75. The molecule has 0 fully saturated rings. The molecule has 1 aromatic heterocycles. The summed E-state index contributed by atoms with van der Waals surface area (Å²) in [5.41, 5.74) is 4.10. The van der Waals surface area contributed by atoms with Crippen molar-refractivity contribution in [2.24, 2.45) is 7.05 Å². The number of nitriles is 1. The number of nitrogens with zero attached hydrogens (tertiary/aromatic N) is 2. The van der Waals surface area contributed by atoms with Gasteiger partial charge < -0.3 is 4.57 Å². The van der Waals surface area contributed by atoms with Gasteiger partial charge in [0.2, 0.25) is 0 Å². The Morgan fingerprint density at radius 3 is 2.71 bits per heavy atom. The quantitative estimate of drug-likeness (QED) is 0.618. The Morgan fingerprint density at radius 2 is 2.07 bits per heavy atom. The summed E-state index contributed by atoms with van der Waals surface area (Å²) in [6.45, 7) is 3.99. The van der Waals surface area contributed by atoms with Crippen LogP contribution in [0.1, 0.15) is 16.7 Å². The normalized spacial score (nSPS) is 10.4. The van der Waals surface area contributed by atoms with Crippen molar-refractivity contribution >= 4 is 10.9 Å². The minimum absolute atomic E-state index is 0.805. The van der Waals surface area contributed by atoms with E-state index in [2.05, 4.69) is 22.8 Å². The van der Waals surface area contributed by atoms with E-state index in [0.29, 0.717) is 0 Å². The van der Waals surface area contributed by atoms with E-state index < -0.39 is 0 Å². The molecule has 0 N–H and O–H groups in total. The summed E-state index contributed by atoms with van der Waals surface area (Å²) >= 11 is 0. The molecular formula is C12H12N2. The number of benzene rings is 1. The molecule has 0 spiro atoms. The zero-order valence-corrected chi connectivity index (χ0v) is 8.63. The van der Waals surface area contributed by atoms with Gasteiger partial charge in [0, 0.05) is 18.6 Å². The highest BCUT2D eigenvalue weighted by Gasteiger charge is 2.08. The number of aromatic nitrogens is 1. The average Bonchev–Trinajstić information content (AvgIpc) is 2.48. The molecule has 0 radical (unpaired) electrons. The molecule has 2 rings (SSSR count). The fraction of sp³-hybridized carbons (Fsp3) is 0.250. The summed E-state index contributed by atoms with van der Waals surface area (Å²) < 4.78 is 2.06. The molecule has 0 saturated carbocycles. The van der Waals surface area contributed by atoms with Crippen LogP contribution in [-0.2, 0) is 7.05 Å². The molecule has 0 aliphatic heterocycles. The van der Waals surface area contributed by atoms with Crippen LogP contribution in [-0.4, -0.2) is 4.57 Å².